The summed E-state index contributed by atoms with van der Waals surface area (Å²) in [5.41, 5.74) is -1.43. The van der Waals surface area contributed by atoms with Gasteiger partial charge in [-0.2, -0.15) is 13.2 Å². The van der Waals surface area contributed by atoms with E-state index in [2.05, 4.69) is 16.0 Å². The molecule has 0 aliphatic carbocycles. The number of benzene rings is 2. The fourth-order valence-electron chi connectivity index (χ4n) is 2.65. The summed E-state index contributed by atoms with van der Waals surface area (Å²) >= 11 is 6.09. The smallest absolute Gasteiger partial charge is 0.379 e. The van der Waals surface area contributed by atoms with E-state index in [1.165, 1.54) is 18.2 Å². The highest BCUT2D eigenvalue weighted by Crippen LogP contribution is 2.34. The minimum absolute atomic E-state index is 0.0662. The van der Waals surface area contributed by atoms with E-state index < -0.39 is 28.3 Å². The lowest BCUT2D eigenvalue weighted by molar-refractivity contribution is -0.384. The van der Waals surface area contributed by atoms with E-state index in [-0.39, 0.29) is 35.1 Å². The van der Waals surface area contributed by atoms with Gasteiger partial charge in [0.2, 0.25) is 5.91 Å². The summed E-state index contributed by atoms with van der Waals surface area (Å²) < 4.78 is 38.3. The van der Waals surface area contributed by atoms with Gasteiger partial charge in [0.15, 0.2) is 0 Å². The molecule has 0 saturated carbocycles. The van der Waals surface area contributed by atoms with Crippen LogP contribution in [0.5, 0.6) is 0 Å². The van der Waals surface area contributed by atoms with Crippen LogP contribution in [0.2, 0.25) is 5.02 Å². The number of rotatable bonds is 9. The van der Waals surface area contributed by atoms with Crippen molar-refractivity contribution in [1.29, 1.82) is 0 Å². The van der Waals surface area contributed by atoms with Crippen molar-refractivity contribution in [3.63, 3.8) is 0 Å². The summed E-state index contributed by atoms with van der Waals surface area (Å²) in [6, 6.07) is 6.47. The molecular formula is C20H20ClF3N4O4. The number of nitrogens with zero attached hydrogens (tertiary/aromatic N) is 1. The number of hydrogen-bond donors (Lipinski definition) is 3. The van der Waals surface area contributed by atoms with Crippen molar-refractivity contribution in [3.05, 3.63) is 62.7 Å². The number of halogens is 4. The average Bonchev–Trinajstić information content (AvgIpc) is 2.71. The normalized spacial score (nSPS) is 11.0. The van der Waals surface area contributed by atoms with Gasteiger partial charge in [-0.25, -0.2) is 0 Å². The molecule has 0 aliphatic rings. The van der Waals surface area contributed by atoms with Crippen LogP contribution in [-0.4, -0.2) is 29.8 Å². The Hall–Kier alpha value is -3.34. The number of carbonyl (C=O) groups is 2. The Labute approximate surface area is 186 Å². The third kappa shape index (κ3) is 6.84. The number of nitro groups is 1. The minimum atomic E-state index is -4.71. The van der Waals surface area contributed by atoms with Gasteiger partial charge in [-0.1, -0.05) is 18.5 Å². The molecule has 0 saturated heterocycles. The van der Waals surface area contributed by atoms with Crippen molar-refractivity contribution in [1.82, 2.24) is 5.32 Å². The molecule has 0 radical (unpaired) electrons. The SMILES string of the molecule is CCCNC(=O)c1ccc(NC(=O)CCNc2ccc(C(F)(F)F)cc2[N+](=O)[O-])cc1Cl. The number of alkyl halides is 3. The summed E-state index contributed by atoms with van der Waals surface area (Å²) in [5.74, 6) is -0.802. The third-order valence-corrected chi connectivity index (χ3v) is 4.54. The quantitative estimate of drug-likeness (QED) is 0.357. The lowest BCUT2D eigenvalue weighted by atomic mass is 10.1. The van der Waals surface area contributed by atoms with Gasteiger partial charge in [0.05, 0.1) is 21.1 Å². The van der Waals surface area contributed by atoms with E-state index in [0.717, 1.165) is 18.6 Å². The molecule has 0 fully saturated rings. The molecule has 0 spiro atoms. The lowest BCUT2D eigenvalue weighted by Gasteiger charge is -2.11. The Morgan fingerprint density at radius 3 is 2.44 bits per heavy atom. The first-order chi connectivity index (χ1) is 15.0. The number of carbonyl (C=O) groups excluding carboxylic acids is 2. The summed E-state index contributed by atoms with van der Waals surface area (Å²) in [7, 11) is 0. The number of hydrogen-bond acceptors (Lipinski definition) is 5. The van der Waals surface area contributed by atoms with Crippen LogP contribution in [0.25, 0.3) is 0 Å². The first-order valence-electron chi connectivity index (χ1n) is 9.50. The fourth-order valence-corrected chi connectivity index (χ4v) is 2.92. The summed E-state index contributed by atoms with van der Waals surface area (Å²) in [4.78, 5) is 34.3. The molecule has 2 rings (SSSR count). The number of nitrogens with one attached hydrogen (secondary N) is 3. The van der Waals surface area contributed by atoms with Gasteiger partial charge in [0, 0.05) is 31.3 Å². The van der Waals surface area contributed by atoms with Gasteiger partial charge in [-0.3, -0.25) is 19.7 Å². The zero-order chi connectivity index (χ0) is 23.9. The molecule has 0 atom stereocenters. The van der Waals surface area contributed by atoms with Gasteiger partial charge in [-0.05, 0) is 36.8 Å². The van der Waals surface area contributed by atoms with Crippen LogP contribution in [0.3, 0.4) is 0 Å². The van der Waals surface area contributed by atoms with Crippen LogP contribution in [-0.2, 0) is 11.0 Å². The van der Waals surface area contributed by atoms with Gasteiger partial charge in [-0.15, -0.1) is 0 Å². The highest BCUT2D eigenvalue weighted by Gasteiger charge is 2.33. The third-order valence-electron chi connectivity index (χ3n) is 4.22. The van der Waals surface area contributed by atoms with Crippen molar-refractivity contribution in [2.75, 3.05) is 23.7 Å². The van der Waals surface area contributed by atoms with E-state index in [4.69, 9.17) is 11.6 Å². The van der Waals surface area contributed by atoms with Crippen molar-refractivity contribution < 1.29 is 27.7 Å². The largest absolute Gasteiger partial charge is 0.416 e. The number of anilines is 2. The van der Waals surface area contributed by atoms with E-state index in [0.29, 0.717) is 18.3 Å². The monoisotopic (exact) mass is 472 g/mol. The second-order valence-electron chi connectivity index (χ2n) is 6.66. The molecule has 0 aliphatic heterocycles. The molecule has 2 aromatic carbocycles. The Morgan fingerprint density at radius 2 is 1.84 bits per heavy atom. The second kappa shape index (κ2) is 10.8. The summed E-state index contributed by atoms with van der Waals surface area (Å²) in [6.45, 7) is 2.34. The van der Waals surface area contributed by atoms with Crippen LogP contribution in [0, 0.1) is 10.1 Å². The topological polar surface area (TPSA) is 113 Å². The first kappa shape index (κ1) is 24.9. The maximum Gasteiger partial charge on any atom is 0.416 e. The highest BCUT2D eigenvalue weighted by molar-refractivity contribution is 6.34. The predicted molar refractivity (Wildman–Crippen MR) is 114 cm³/mol. The molecule has 12 heteroatoms. The van der Waals surface area contributed by atoms with Crippen molar-refractivity contribution in [3.8, 4) is 0 Å². The molecule has 0 heterocycles. The van der Waals surface area contributed by atoms with Gasteiger partial charge >= 0.3 is 6.18 Å². The van der Waals surface area contributed by atoms with Gasteiger partial charge in [0.1, 0.15) is 5.69 Å². The number of amides is 2. The zero-order valence-electron chi connectivity index (χ0n) is 16.9. The standard InChI is InChI=1S/C20H20ClF3N4O4/c1-2-8-26-19(30)14-5-4-13(11-15(14)21)27-18(29)7-9-25-16-6-3-12(20(22,23)24)10-17(16)28(31)32/h3-6,10-11,25H,2,7-9H2,1H3,(H,26,30)(H,27,29). The average molecular weight is 473 g/mol. The molecule has 0 bridgehead atoms. The Morgan fingerprint density at radius 1 is 1.12 bits per heavy atom. The van der Waals surface area contributed by atoms with Gasteiger partial charge < -0.3 is 16.0 Å². The molecule has 2 amide bonds. The minimum Gasteiger partial charge on any atom is -0.379 e. The van der Waals surface area contributed by atoms with Crippen LogP contribution in [0.4, 0.5) is 30.2 Å². The van der Waals surface area contributed by atoms with Crippen molar-refractivity contribution in [2.24, 2.45) is 0 Å². The maximum atomic E-state index is 12.8. The maximum absolute atomic E-state index is 12.8. The molecule has 2 aromatic rings. The van der Waals surface area contributed by atoms with E-state index in [9.17, 15) is 32.9 Å². The van der Waals surface area contributed by atoms with Crippen molar-refractivity contribution >= 4 is 40.5 Å². The van der Waals surface area contributed by atoms with E-state index in [1.54, 1.807) is 0 Å². The lowest BCUT2D eigenvalue weighted by Crippen LogP contribution is -2.24. The zero-order valence-corrected chi connectivity index (χ0v) is 17.6. The van der Waals surface area contributed by atoms with Crippen LogP contribution < -0.4 is 16.0 Å². The molecule has 0 unspecified atom stereocenters. The molecule has 8 nitrogen and oxygen atoms in total. The second-order valence-corrected chi connectivity index (χ2v) is 7.07. The molecule has 0 aromatic heterocycles. The number of nitro benzene ring substituents is 1. The van der Waals surface area contributed by atoms with Crippen LogP contribution in [0.15, 0.2) is 36.4 Å². The van der Waals surface area contributed by atoms with Crippen LogP contribution in [0.1, 0.15) is 35.7 Å². The Kier molecular flexibility index (Phi) is 8.41. The molecule has 3 N–H and O–H groups in total. The Bertz CT molecular complexity index is 1010. The molecule has 172 valence electrons. The van der Waals surface area contributed by atoms with Gasteiger partial charge in [0.25, 0.3) is 11.6 Å². The fraction of sp³-hybridized carbons (Fsp3) is 0.300. The summed E-state index contributed by atoms with van der Waals surface area (Å²) in [6.07, 6.45) is -4.08. The van der Waals surface area contributed by atoms with Crippen molar-refractivity contribution in [2.45, 2.75) is 25.9 Å². The van der Waals surface area contributed by atoms with E-state index >= 15 is 0 Å². The van der Waals surface area contributed by atoms with E-state index in [1.807, 2.05) is 6.92 Å². The molecular weight excluding hydrogens is 453 g/mol. The molecule has 32 heavy (non-hydrogen) atoms. The highest BCUT2D eigenvalue weighted by atomic mass is 35.5. The first-order valence-corrected chi connectivity index (χ1v) is 9.87. The Balaban J connectivity index is 1.96. The summed E-state index contributed by atoms with van der Waals surface area (Å²) in [5, 5.41) is 19.1. The van der Waals surface area contributed by atoms with Crippen LogP contribution >= 0.6 is 11.6 Å². The predicted octanol–water partition coefficient (Wildman–Crippen LogP) is 4.85.